The fourth-order valence-electron chi connectivity index (χ4n) is 2.35. The van der Waals surface area contributed by atoms with Crippen LogP contribution in [0.3, 0.4) is 0 Å². The molecule has 0 N–H and O–H groups in total. The second-order valence-corrected chi connectivity index (χ2v) is 4.77. The number of hydrogen-bond donors (Lipinski definition) is 0. The Hall–Kier alpha value is -0.370. The van der Waals surface area contributed by atoms with Gasteiger partial charge in [-0.15, -0.1) is 0 Å². The Morgan fingerprint density at radius 2 is 2.08 bits per heavy atom. The maximum atomic E-state index is 11.1. The summed E-state index contributed by atoms with van der Waals surface area (Å²) in [5, 5.41) is 0. The molecule has 2 rings (SSSR count). The average molecular weight is 182 g/mol. The van der Waals surface area contributed by atoms with Crippen LogP contribution in [0, 0.1) is 17.3 Å². The van der Waals surface area contributed by atoms with Gasteiger partial charge in [0, 0.05) is 18.6 Å². The lowest BCUT2D eigenvalue weighted by Crippen LogP contribution is -2.31. The lowest BCUT2D eigenvalue weighted by atomic mass is 9.77. The summed E-state index contributed by atoms with van der Waals surface area (Å²) in [4.78, 5) is 11.1. The van der Waals surface area contributed by atoms with Gasteiger partial charge in [0.1, 0.15) is 6.29 Å². The van der Waals surface area contributed by atoms with E-state index < -0.39 is 0 Å². The average Bonchev–Trinajstić information content (AvgIpc) is 2.83. The van der Waals surface area contributed by atoms with Gasteiger partial charge < -0.3 is 9.53 Å². The SMILES string of the molecule is CC1CC1CC1(C=O)CCOCC1. The van der Waals surface area contributed by atoms with Crippen LogP contribution in [-0.2, 0) is 9.53 Å². The molecule has 2 aliphatic rings. The van der Waals surface area contributed by atoms with Crippen LogP contribution in [0.15, 0.2) is 0 Å². The molecule has 0 radical (unpaired) electrons. The first-order chi connectivity index (χ1) is 6.26. The predicted molar refractivity (Wildman–Crippen MR) is 50.4 cm³/mol. The molecule has 0 spiro atoms. The Balaban J connectivity index is 1.93. The summed E-state index contributed by atoms with van der Waals surface area (Å²) < 4.78 is 5.30. The molecule has 0 amide bonds. The molecule has 1 heterocycles. The highest BCUT2D eigenvalue weighted by atomic mass is 16.5. The van der Waals surface area contributed by atoms with Crippen molar-refractivity contribution in [2.75, 3.05) is 13.2 Å². The van der Waals surface area contributed by atoms with E-state index in [2.05, 4.69) is 6.92 Å². The maximum absolute atomic E-state index is 11.1. The first-order valence-corrected chi connectivity index (χ1v) is 5.30. The van der Waals surface area contributed by atoms with Gasteiger partial charge in [-0.25, -0.2) is 0 Å². The summed E-state index contributed by atoms with van der Waals surface area (Å²) in [7, 11) is 0. The zero-order valence-corrected chi connectivity index (χ0v) is 8.29. The van der Waals surface area contributed by atoms with Crippen LogP contribution in [0.1, 0.15) is 32.6 Å². The molecular formula is C11H18O2. The van der Waals surface area contributed by atoms with Gasteiger partial charge in [-0.1, -0.05) is 6.92 Å². The number of aldehydes is 1. The van der Waals surface area contributed by atoms with Crippen molar-refractivity contribution in [3.05, 3.63) is 0 Å². The van der Waals surface area contributed by atoms with Gasteiger partial charge in [0.2, 0.25) is 0 Å². The Morgan fingerprint density at radius 1 is 1.46 bits per heavy atom. The van der Waals surface area contributed by atoms with Crippen LogP contribution in [0.4, 0.5) is 0 Å². The molecule has 2 heteroatoms. The molecule has 1 aliphatic heterocycles. The van der Waals surface area contributed by atoms with Crippen molar-refractivity contribution in [2.45, 2.75) is 32.6 Å². The van der Waals surface area contributed by atoms with Crippen molar-refractivity contribution in [3.63, 3.8) is 0 Å². The second kappa shape index (κ2) is 3.41. The van der Waals surface area contributed by atoms with E-state index in [1.807, 2.05) is 0 Å². The van der Waals surface area contributed by atoms with Gasteiger partial charge in [0.25, 0.3) is 0 Å². The summed E-state index contributed by atoms with van der Waals surface area (Å²) in [6.07, 6.45) is 5.53. The number of rotatable bonds is 3. The van der Waals surface area contributed by atoms with Crippen molar-refractivity contribution in [3.8, 4) is 0 Å². The zero-order valence-electron chi connectivity index (χ0n) is 8.29. The highest BCUT2D eigenvalue weighted by molar-refractivity contribution is 5.59. The lowest BCUT2D eigenvalue weighted by molar-refractivity contribution is -0.122. The van der Waals surface area contributed by atoms with E-state index in [9.17, 15) is 4.79 Å². The minimum absolute atomic E-state index is 0.0202. The van der Waals surface area contributed by atoms with E-state index in [0.717, 1.165) is 44.3 Å². The molecule has 0 bridgehead atoms. The monoisotopic (exact) mass is 182 g/mol. The van der Waals surface area contributed by atoms with Crippen molar-refractivity contribution >= 4 is 6.29 Å². The Labute approximate surface area is 79.7 Å². The van der Waals surface area contributed by atoms with Crippen molar-refractivity contribution in [1.82, 2.24) is 0 Å². The van der Waals surface area contributed by atoms with Crippen molar-refractivity contribution in [2.24, 2.45) is 17.3 Å². The fourth-order valence-corrected chi connectivity index (χ4v) is 2.35. The standard InChI is InChI=1S/C11H18O2/c1-9-6-10(9)7-11(8-12)2-4-13-5-3-11/h8-10H,2-7H2,1H3. The van der Waals surface area contributed by atoms with Crippen LogP contribution >= 0.6 is 0 Å². The molecule has 0 aromatic rings. The molecule has 2 nitrogen and oxygen atoms in total. The first-order valence-electron chi connectivity index (χ1n) is 5.30. The third kappa shape index (κ3) is 1.93. The lowest BCUT2D eigenvalue weighted by Gasteiger charge is -2.32. The van der Waals surface area contributed by atoms with Crippen molar-refractivity contribution in [1.29, 1.82) is 0 Å². The molecule has 1 saturated heterocycles. The number of hydrogen-bond acceptors (Lipinski definition) is 2. The smallest absolute Gasteiger partial charge is 0.126 e. The van der Waals surface area contributed by atoms with Crippen LogP contribution in [0.2, 0.25) is 0 Å². The minimum Gasteiger partial charge on any atom is -0.381 e. The Kier molecular flexibility index (Phi) is 2.41. The molecule has 2 fully saturated rings. The molecule has 1 aliphatic carbocycles. The number of carbonyl (C=O) groups excluding carboxylic acids is 1. The van der Waals surface area contributed by atoms with E-state index in [0.29, 0.717) is 0 Å². The highest BCUT2D eigenvalue weighted by Gasteiger charge is 2.42. The Bertz CT molecular complexity index is 194. The molecule has 74 valence electrons. The number of ether oxygens (including phenoxy) is 1. The van der Waals surface area contributed by atoms with E-state index >= 15 is 0 Å². The Morgan fingerprint density at radius 3 is 2.54 bits per heavy atom. The zero-order chi connectivity index (χ0) is 9.31. The van der Waals surface area contributed by atoms with Gasteiger partial charge in [-0.3, -0.25) is 0 Å². The summed E-state index contributed by atoms with van der Waals surface area (Å²) in [5.41, 5.74) is -0.0202. The van der Waals surface area contributed by atoms with Gasteiger partial charge in [0.15, 0.2) is 0 Å². The molecule has 1 saturated carbocycles. The van der Waals surface area contributed by atoms with E-state index in [1.165, 1.54) is 12.7 Å². The van der Waals surface area contributed by atoms with E-state index in [4.69, 9.17) is 4.74 Å². The highest BCUT2D eigenvalue weighted by Crippen LogP contribution is 2.48. The minimum atomic E-state index is -0.0202. The molecule has 0 aromatic carbocycles. The topological polar surface area (TPSA) is 26.3 Å². The summed E-state index contributed by atoms with van der Waals surface area (Å²) in [5.74, 6) is 1.68. The van der Waals surface area contributed by atoms with Gasteiger partial charge in [0.05, 0.1) is 0 Å². The van der Waals surface area contributed by atoms with Crippen molar-refractivity contribution < 1.29 is 9.53 Å². The molecule has 0 aromatic heterocycles. The van der Waals surface area contributed by atoms with Crippen LogP contribution in [0.5, 0.6) is 0 Å². The predicted octanol–water partition coefficient (Wildman–Crippen LogP) is 2.03. The molecule has 2 atom stereocenters. The number of carbonyl (C=O) groups is 1. The van der Waals surface area contributed by atoms with Crippen LogP contribution in [-0.4, -0.2) is 19.5 Å². The summed E-state index contributed by atoms with van der Waals surface area (Å²) >= 11 is 0. The normalized spacial score (nSPS) is 37.0. The summed E-state index contributed by atoms with van der Waals surface area (Å²) in [6.45, 7) is 3.84. The first kappa shape index (κ1) is 9.20. The van der Waals surface area contributed by atoms with Gasteiger partial charge >= 0.3 is 0 Å². The molecule has 13 heavy (non-hydrogen) atoms. The third-order valence-electron chi connectivity index (χ3n) is 3.68. The van der Waals surface area contributed by atoms with Crippen LogP contribution in [0.25, 0.3) is 0 Å². The summed E-state index contributed by atoms with van der Waals surface area (Å²) in [6, 6.07) is 0. The van der Waals surface area contributed by atoms with Gasteiger partial charge in [-0.2, -0.15) is 0 Å². The maximum Gasteiger partial charge on any atom is 0.126 e. The largest absolute Gasteiger partial charge is 0.381 e. The van der Waals surface area contributed by atoms with Gasteiger partial charge in [-0.05, 0) is 37.5 Å². The van der Waals surface area contributed by atoms with E-state index in [1.54, 1.807) is 0 Å². The quantitative estimate of drug-likeness (QED) is 0.624. The second-order valence-electron chi connectivity index (χ2n) is 4.77. The van der Waals surface area contributed by atoms with E-state index in [-0.39, 0.29) is 5.41 Å². The fraction of sp³-hybridized carbons (Fsp3) is 0.909. The third-order valence-corrected chi connectivity index (χ3v) is 3.68. The molecular weight excluding hydrogens is 164 g/mol. The molecule has 2 unspecified atom stereocenters. The van der Waals surface area contributed by atoms with Crippen LogP contribution < -0.4 is 0 Å².